The fraction of sp³-hybridized carbons (Fsp3) is 0.609. The third-order valence-electron chi connectivity index (χ3n) is 6.49. The molecule has 3 rings (SSSR count). The van der Waals surface area contributed by atoms with E-state index in [2.05, 4.69) is 55.4 Å². The molecule has 196 valence electrons. The molecule has 0 spiro atoms. The Kier molecular flexibility index (Phi) is 9.82. The highest BCUT2D eigenvalue weighted by atomic mass is 16.4. The number of carboxylic acids is 1. The second-order valence-electron chi connectivity index (χ2n) is 9.03. The number of carbonyl (C=O) groups excluding carboxylic acids is 2. The highest BCUT2D eigenvalue weighted by molar-refractivity contribution is 6.04. The Morgan fingerprint density at radius 2 is 2.08 bits per heavy atom. The van der Waals surface area contributed by atoms with Gasteiger partial charge in [-0.2, -0.15) is 5.21 Å². The lowest BCUT2D eigenvalue weighted by Crippen LogP contribution is -2.55. The van der Waals surface area contributed by atoms with E-state index in [4.69, 9.17) is 5.11 Å². The number of nitrogens with zero attached hydrogens (tertiary/aromatic N) is 5. The van der Waals surface area contributed by atoms with Crippen LogP contribution < -0.4 is 20.9 Å². The van der Waals surface area contributed by atoms with Crippen LogP contribution in [0.15, 0.2) is 18.3 Å². The predicted molar refractivity (Wildman–Crippen MR) is 131 cm³/mol. The van der Waals surface area contributed by atoms with E-state index >= 15 is 0 Å². The molecule has 0 unspecified atom stereocenters. The Morgan fingerprint density at radius 3 is 2.78 bits per heavy atom. The van der Waals surface area contributed by atoms with Crippen molar-refractivity contribution in [2.45, 2.75) is 71.1 Å². The van der Waals surface area contributed by atoms with E-state index in [1.165, 1.54) is 4.90 Å². The van der Waals surface area contributed by atoms with Crippen LogP contribution in [0.5, 0.6) is 0 Å². The Balaban J connectivity index is 1.64. The van der Waals surface area contributed by atoms with Gasteiger partial charge >= 0.3 is 5.97 Å². The number of hydrogen-bond donors (Lipinski definition) is 5. The molecule has 13 nitrogen and oxygen atoms in total. The number of aliphatic carboxylic acids is 1. The maximum absolute atomic E-state index is 13.6. The fourth-order valence-corrected chi connectivity index (χ4v) is 4.15. The summed E-state index contributed by atoms with van der Waals surface area (Å²) in [5, 5.41) is 31.8. The number of anilines is 1. The van der Waals surface area contributed by atoms with Crippen molar-refractivity contribution in [1.82, 2.24) is 41.6 Å². The molecule has 2 aromatic heterocycles. The summed E-state index contributed by atoms with van der Waals surface area (Å²) < 4.78 is 0. The van der Waals surface area contributed by atoms with Crippen LogP contribution in [-0.2, 0) is 27.3 Å². The Labute approximate surface area is 209 Å². The minimum Gasteiger partial charge on any atom is -0.481 e. The van der Waals surface area contributed by atoms with Crippen molar-refractivity contribution in [2.75, 3.05) is 18.0 Å². The number of rotatable bonds is 14. The van der Waals surface area contributed by atoms with Crippen molar-refractivity contribution in [3.05, 3.63) is 29.7 Å². The minimum atomic E-state index is -0.815. The average molecular weight is 502 g/mol. The molecule has 36 heavy (non-hydrogen) atoms. The van der Waals surface area contributed by atoms with Gasteiger partial charge in [-0.05, 0) is 37.4 Å². The van der Waals surface area contributed by atoms with E-state index < -0.39 is 18.1 Å². The molecule has 0 saturated heterocycles. The lowest BCUT2D eigenvalue weighted by molar-refractivity contribution is -0.137. The van der Waals surface area contributed by atoms with Crippen molar-refractivity contribution in [2.24, 2.45) is 5.92 Å². The van der Waals surface area contributed by atoms with Crippen LogP contribution in [0.25, 0.3) is 0 Å². The molecule has 0 radical (unpaired) electrons. The minimum absolute atomic E-state index is 0.0667. The van der Waals surface area contributed by atoms with Crippen molar-refractivity contribution >= 4 is 23.6 Å². The van der Waals surface area contributed by atoms with Gasteiger partial charge in [-0.3, -0.25) is 19.3 Å². The molecule has 1 aliphatic rings. The lowest BCUT2D eigenvalue weighted by Gasteiger charge is -2.29. The topological polar surface area (TPSA) is 178 Å². The highest BCUT2D eigenvalue weighted by Crippen LogP contribution is 2.30. The van der Waals surface area contributed by atoms with Crippen molar-refractivity contribution in [3.8, 4) is 0 Å². The van der Waals surface area contributed by atoms with Crippen LogP contribution in [0.4, 0.5) is 5.82 Å². The molecule has 0 bridgehead atoms. The smallest absolute Gasteiger partial charge is 0.303 e. The number of fused-ring (bicyclic) bond motifs is 1. The van der Waals surface area contributed by atoms with Gasteiger partial charge in [-0.15, -0.1) is 10.2 Å². The number of carboxylic acid groups (broad SMARTS) is 1. The van der Waals surface area contributed by atoms with E-state index in [1.807, 2.05) is 6.07 Å². The largest absolute Gasteiger partial charge is 0.481 e. The molecular formula is C23H35N9O4. The van der Waals surface area contributed by atoms with E-state index in [0.717, 1.165) is 12.0 Å². The van der Waals surface area contributed by atoms with Crippen molar-refractivity contribution in [1.29, 1.82) is 0 Å². The number of pyridine rings is 1. The standard InChI is InChI=1S/C23H35N9O4/c1-4-14(2)17(24-9-6-8-20(33)34)12-26-15(3)23(36)32-18(11-16-7-5-10-25-21(16)32)22(35)27-13-19-28-30-31-29-19/h5,7,10,14-15,17-18,24,26H,4,6,8-9,11-13H2,1-3H3,(H,27,35)(H,33,34)(H,28,29,30,31)/t14-,15+,17-,18-/m0/s1. The normalized spacial score (nSPS) is 17.3. The zero-order valence-corrected chi connectivity index (χ0v) is 20.9. The zero-order valence-electron chi connectivity index (χ0n) is 20.9. The molecule has 3 heterocycles. The van der Waals surface area contributed by atoms with E-state index in [-0.39, 0.29) is 30.8 Å². The van der Waals surface area contributed by atoms with Gasteiger partial charge in [0, 0.05) is 31.6 Å². The number of H-pyrrole nitrogens is 1. The molecular weight excluding hydrogens is 466 g/mol. The van der Waals surface area contributed by atoms with Crippen LogP contribution in [-0.4, -0.2) is 79.7 Å². The Hall–Kier alpha value is -3.45. The molecule has 5 N–H and O–H groups in total. The number of aromatic amines is 1. The van der Waals surface area contributed by atoms with Crippen molar-refractivity contribution < 1.29 is 19.5 Å². The number of nitrogens with one attached hydrogen (secondary N) is 4. The summed E-state index contributed by atoms with van der Waals surface area (Å²) in [6.07, 6.45) is 3.55. The fourth-order valence-electron chi connectivity index (χ4n) is 4.15. The number of hydrogen-bond acceptors (Lipinski definition) is 9. The van der Waals surface area contributed by atoms with Crippen molar-refractivity contribution in [3.63, 3.8) is 0 Å². The zero-order chi connectivity index (χ0) is 26.1. The summed E-state index contributed by atoms with van der Waals surface area (Å²) in [4.78, 5) is 43.2. The SMILES string of the molecule is CC[C@H](C)[C@H](CN[C@H](C)C(=O)N1c2ncccc2C[C@H]1C(=O)NCc1nn[nH]n1)NCCCC(=O)O. The number of amides is 2. The molecule has 13 heteroatoms. The summed E-state index contributed by atoms with van der Waals surface area (Å²) in [7, 11) is 0. The third kappa shape index (κ3) is 7.04. The second kappa shape index (κ2) is 13.0. The maximum atomic E-state index is 13.6. The van der Waals surface area contributed by atoms with Gasteiger partial charge in [0.05, 0.1) is 12.6 Å². The van der Waals surface area contributed by atoms with Gasteiger partial charge in [0.2, 0.25) is 11.8 Å². The molecule has 0 aromatic carbocycles. The van der Waals surface area contributed by atoms with Crippen LogP contribution in [0.2, 0.25) is 0 Å². The Bertz CT molecular complexity index is 1020. The maximum Gasteiger partial charge on any atom is 0.303 e. The molecule has 4 atom stereocenters. The van der Waals surface area contributed by atoms with E-state index in [1.54, 1.807) is 19.2 Å². The van der Waals surface area contributed by atoms with Crippen LogP contribution in [0, 0.1) is 5.92 Å². The number of aromatic nitrogens is 5. The molecule has 2 aromatic rings. The first-order valence-corrected chi connectivity index (χ1v) is 12.3. The van der Waals surface area contributed by atoms with Gasteiger partial charge in [0.1, 0.15) is 11.9 Å². The molecule has 0 fully saturated rings. The van der Waals surface area contributed by atoms with Gasteiger partial charge < -0.3 is 21.1 Å². The van der Waals surface area contributed by atoms with E-state index in [0.29, 0.717) is 43.5 Å². The molecule has 0 aliphatic carbocycles. The summed E-state index contributed by atoms with van der Waals surface area (Å²) in [5.74, 6) is -0.234. The summed E-state index contributed by atoms with van der Waals surface area (Å²) in [5.41, 5.74) is 0.829. The monoisotopic (exact) mass is 501 g/mol. The van der Waals surface area contributed by atoms with E-state index in [9.17, 15) is 14.4 Å². The van der Waals surface area contributed by atoms with Crippen LogP contribution in [0.3, 0.4) is 0 Å². The third-order valence-corrected chi connectivity index (χ3v) is 6.49. The quantitative estimate of drug-likeness (QED) is 0.222. The Morgan fingerprint density at radius 1 is 1.28 bits per heavy atom. The van der Waals surface area contributed by atoms with Gasteiger partial charge in [-0.1, -0.05) is 31.5 Å². The summed E-state index contributed by atoms with van der Waals surface area (Å²) >= 11 is 0. The average Bonchev–Trinajstić information content (AvgIpc) is 3.53. The molecule has 0 saturated carbocycles. The van der Waals surface area contributed by atoms with Crippen LogP contribution >= 0.6 is 0 Å². The molecule has 2 amide bonds. The summed E-state index contributed by atoms with van der Waals surface area (Å²) in [6, 6.07) is 2.41. The summed E-state index contributed by atoms with van der Waals surface area (Å²) in [6.45, 7) is 7.18. The number of carbonyl (C=O) groups is 3. The first-order chi connectivity index (χ1) is 17.3. The first kappa shape index (κ1) is 27.1. The predicted octanol–water partition coefficient (Wildman–Crippen LogP) is 0.0160. The van der Waals surface area contributed by atoms with Gasteiger partial charge in [-0.25, -0.2) is 4.98 Å². The van der Waals surface area contributed by atoms with Gasteiger partial charge in [0.25, 0.3) is 0 Å². The number of tetrazole rings is 1. The lowest BCUT2D eigenvalue weighted by atomic mass is 9.98. The second-order valence-corrected chi connectivity index (χ2v) is 9.03. The van der Waals surface area contributed by atoms with Crippen LogP contribution in [0.1, 0.15) is 51.4 Å². The molecule has 1 aliphatic heterocycles. The van der Waals surface area contributed by atoms with Gasteiger partial charge in [0.15, 0.2) is 5.82 Å². The highest BCUT2D eigenvalue weighted by Gasteiger charge is 2.40. The first-order valence-electron chi connectivity index (χ1n) is 12.3.